The van der Waals surface area contributed by atoms with E-state index in [2.05, 4.69) is 18.7 Å². The molecule has 4 nitrogen and oxygen atoms in total. The van der Waals surface area contributed by atoms with E-state index in [0.717, 1.165) is 25.1 Å². The Bertz CT molecular complexity index is 511. The van der Waals surface area contributed by atoms with Gasteiger partial charge in [0.2, 0.25) is 0 Å². The highest BCUT2D eigenvalue weighted by Crippen LogP contribution is 2.27. The first-order chi connectivity index (χ1) is 10.1. The number of carbonyl (C=O) groups excluding carboxylic acids is 1. The maximum absolute atomic E-state index is 12.6. The molecule has 1 aromatic carbocycles. The van der Waals surface area contributed by atoms with E-state index >= 15 is 0 Å². The molecule has 1 unspecified atom stereocenters. The maximum atomic E-state index is 12.6. The minimum Gasteiger partial charge on any atom is -0.490 e. The average Bonchev–Trinajstić information content (AvgIpc) is 3.31. The van der Waals surface area contributed by atoms with Gasteiger partial charge in [0, 0.05) is 24.7 Å². The van der Waals surface area contributed by atoms with Crippen LogP contribution in [0.2, 0.25) is 0 Å². The fraction of sp³-hybridized carbons (Fsp3) is 0.588. The number of morpholine rings is 1. The Morgan fingerprint density at radius 1 is 1.38 bits per heavy atom. The number of nitrogens with zero attached hydrogens (tertiary/aromatic N) is 1. The van der Waals surface area contributed by atoms with Crippen LogP contribution < -0.4 is 4.74 Å². The Morgan fingerprint density at radius 3 is 2.90 bits per heavy atom. The van der Waals surface area contributed by atoms with Gasteiger partial charge < -0.3 is 9.47 Å². The monoisotopic (exact) mass is 289 g/mol. The number of Topliss-reactive ketones (excluding diaryl/α,β-unsaturated/α-hetero) is 1. The van der Waals surface area contributed by atoms with E-state index < -0.39 is 0 Å². The summed E-state index contributed by atoms with van der Waals surface area (Å²) in [6.45, 7) is 6.48. The molecule has 1 saturated heterocycles. The Hall–Kier alpha value is -1.39. The van der Waals surface area contributed by atoms with Gasteiger partial charge in [-0.15, -0.1) is 0 Å². The van der Waals surface area contributed by atoms with Gasteiger partial charge in [0.25, 0.3) is 0 Å². The van der Waals surface area contributed by atoms with Crippen LogP contribution in [0, 0.1) is 0 Å². The van der Waals surface area contributed by atoms with Crippen molar-refractivity contribution >= 4 is 5.78 Å². The Morgan fingerprint density at radius 2 is 2.19 bits per heavy atom. The highest BCUT2D eigenvalue weighted by atomic mass is 16.5. The lowest BCUT2D eigenvalue weighted by atomic mass is 10.0. The molecule has 0 bridgehead atoms. The smallest absolute Gasteiger partial charge is 0.193 e. The summed E-state index contributed by atoms with van der Waals surface area (Å²) in [7, 11) is 0. The van der Waals surface area contributed by atoms with Crippen molar-refractivity contribution in [2.45, 2.75) is 44.9 Å². The topological polar surface area (TPSA) is 38.8 Å². The van der Waals surface area contributed by atoms with Crippen molar-refractivity contribution in [2.24, 2.45) is 0 Å². The molecule has 1 aliphatic carbocycles. The SMILES string of the molecule is CC(C)N1CCOC(C(=O)c2cccc(OC3CC3)c2)C1. The second kappa shape index (κ2) is 6.16. The Balaban J connectivity index is 1.68. The van der Waals surface area contributed by atoms with Crippen molar-refractivity contribution in [1.29, 1.82) is 0 Å². The molecule has 0 radical (unpaired) electrons. The summed E-state index contributed by atoms with van der Waals surface area (Å²) in [6.07, 6.45) is 2.22. The first-order valence-corrected chi connectivity index (χ1v) is 7.80. The number of ether oxygens (including phenoxy) is 2. The van der Waals surface area contributed by atoms with Crippen molar-refractivity contribution in [3.63, 3.8) is 0 Å². The van der Waals surface area contributed by atoms with E-state index in [9.17, 15) is 4.79 Å². The van der Waals surface area contributed by atoms with E-state index in [0.29, 0.717) is 30.9 Å². The van der Waals surface area contributed by atoms with Crippen molar-refractivity contribution in [2.75, 3.05) is 19.7 Å². The zero-order chi connectivity index (χ0) is 14.8. The molecule has 114 valence electrons. The van der Waals surface area contributed by atoms with Gasteiger partial charge in [-0.25, -0.2) is 0 Å². The van der Waals surface area contributed by atoms with Crippen molar-refractivity contribution in [3.8, 4) is 5.75 Å². The molecule has 1 atom stereocenters. The lowest BCUT2D eigenvalue weighted by Gasteiger charge is -2.34. The number of hydrogen-bond donors (Lipinski definition) is 0. The summed E-state index contributed by atoms with van der Waals surface area (Å²) >= 11 is 0. The molecule has 1 aromatic rings. The van der Waals surface area contributed by atoms with Gasteiger partial charge >= 0.3 is 0 Å². The molecule has 4 heteroatoms. The third-order valence-electron chi connectivity index (χ3n) is 4.07. The standard InChI is InChI=1S/C17H23NO3/c1-12(2)18-8-9-20-16(11-18)17(19)13-4-3-5-15(10-13)21-14-6-7-14/h3-5,10,12,14,16H,6-9,11H2,1-2H3. The first kappa shape index (κ1) is 14.5. The number of benzene rings is 1. The molecule has 1 aliphatic heterocycles. The van der Waals surface area contributed by atoms with Gasteiger partial charge in [0.1, 0.15) is 11.9 Å². The van der Waals surface area contributed by atoms with Gasteiger partial charge in [-0.2, -0.15) is 0 Å². The van der Waals surface area contributed by atoms with E-state index in [1.807, 2.05) is 24.3 Å². The second-order valence-corrected chi connectivity index (χ2v) is 6.16. The lowest BCUT2D eigenvalue weighted by molar-refractivity contribution is -0.0256. The summed E-state index contributed by atoms with van der Waals surface area (Å²) in [4.78, 5) is 14.9. The summed E-state index contributed by atoms with van der Waals surface area (Å²) in [6, 6.07) is 7.93. The molecule has 0 aromatic heterocycles. The van der Waals surface area contributed by atoms with Gasteiger partial charge in [0.15, 0.2) is 5.78 Å². The largest absolute Gasteiger partial charge is 0.490 e. The quantitative estimate of drug-likeness (QED) is 0.781. The van der Waals surface area contributed by atoms with Crippen LogP contribution in [-0.4, -0.2) is 48.6 Å². The van der Waals surface area contributed by atoms with Crippen molar-refractivity contribution in [3.05, 3.63) is 29.8 Å². The van der Waals surface area contributed by atoms with Crippen LogP contribution in [0.5, 0.6) is 5.75 Å². The highest BCUT2D eigenvalue weighted by Gasteiger charge is 2.29. The molecule has 0 N–H and O–H groups in total. The normalized spacial score (nSPS) is 23.3. The Kier molecular flexibility index (Phi) is 4.27. The predicted octanol–water partition coefficient (Wildman–Crippen LogP) is 2.52. The summed E-state index contributed by atoms with van der Waals surface area (Å²) < 4.78 is 11.4. The minimum atomic E-state index is -0.364. The molecule has 2 aliphatic rings. The number of hydrogen-bond acceptors (Lipinski definition) is 4. The zero-order valence-corrected chi connectivity index (χ0v) is 12.7. The van der Waals surface area contributed by atoms with Gasteiger partial charge in [0.05, 0.1) is 12.7 Å². The van der Waals surface area contributed by atoms with E-state index in [1.165, 1.54) is 0 Å². The number of rotatable bonds is 5. The third-order valence-corrected chi connectivity index (χ3v) is 4.07. The van der Waals surface area contributed by atoms with E-state index in [1.54, 1.807) is 0 Å². The molecular formula is C17H23NO3. The number of carbonyl (C=O) groups is 1. The molecule has 0 amide bonds. The van der Waals surface area contributed by atoms with Crippen LogP contribution in [0.25, 0.3) is 0 Å². The minimum absolute atomic E-state index is 0.0570. The number of ketones is 1. The van der Waals surface area contributed by atoms with Crippen LogP contribution in [0.3, 0.4) is 0 Å². The Labute approximate surface area is 126 Å². The van der Waals surface area contributed by atoms with Crippen LogP contribution in [0.1, 0.15) is 37.0 Å². The van der Waals surface area contributed by atoms with Crippen LogP contribution >= 0.6 is 0 Å². The fourth-order valence-electron chi connectivity index (χ4n) is 2.58. The van der Waals surface area contributed by atoms with E-state index in [-0.39, 0.29) is 11.9 Å². The van der Waals surface area contributed by atoms with Crippen molar-refractivity contribution in [1.82, 2.24) is 4.90 Å². The molecular weight excluding hydrogens is 266 g/mol. The summed E-state index contributed by atoms with van der Waals surface area (Å²) in [5.41, 5.74) is 0.684. The molecule has 2 fully saturated rings. The first-order valence-electron chi connectivity index (χ1n) is 7.80. The van der Waals surface area contributed by atoms with Crippen LogP contribution in [0.4, 0.5) is 0 Å². The lowest BCUT2D eigenvalue weighted by Crippen LogP contribution is -2.48. The van der Waals surface area contributed by atoms with E-state index in [4.69, 9.17) is 9.47 Å². The highest BCUT2D eigenvalue weighted by molar-refractivity contribution is 6.00. The summed E-state index contributed by atoms with van der Waals surface area (Å²) in [5.74, 6) is 0.849. The fourth-order valence-corrected chi connectivity index (χ4v) is 2.58. The second-order valence-electron chi connectivity index (χ2n) is 6.16. The van der Waals surface area contributed by atoms with Crippen LogP contribution in [0.15, 0.2) is 24.3 Å². The van der Waals surface area contributed by atoms with Gasteiger partial charge in [-0.1, -0.05) is 12.1 Å². The average molecular weight is 289 g/mol. The van der Waals surface area contributed by atoms with Gasteiger partial charge in [-0.05, 0) is 38.8 Å². The van der Waals surface area contributed by atoms with Crippen molar-refractivity contribution < 1.29 is 14.3 Å². The molecule has 1 heterocycles. The molecule has 21 heavy (non-hydrogen) atoms. The predicted molar refractivity (Wildman–Crippen MR) is 80.9 cm³/mol. The maximum Gasteiger partial charge on any atom is 0.193 e. The zero-order valence-electron chi connectivity index (χ0n) is 12.7. The third kappa shape index (κ3) is 3.63. The molecule has 3 rings (SSSR count). The molecule has 0 spiro atoms. The van der Waals surface area contributed by atoms with Gasteiger partial charge in [-0.3, -0.25) is 9.69 Å². The summed E-state index contributed by atoms with van der Waals surface area (Å²) in [5, 5.41) is 0. The van der Waals surface area contributed by atoms with Crippen LogP contribution in [-0.2, 0) is 4.74 Å². The molecule has 1 saturated carbocycles.